The van der Waals surface area contributed by atoms with Gasteiger partial charge in [-0.15, -0.1) is 0 Å². The first kappa shape index (κ1) is 14.0. The van der Waals surface area contributed by atoms with Gasteiger partial charge in [-0.3, -0.25) is 9.69 Å². The minimum absolute atomic E-state index is 0.0868. The molecular weight excluding hydrogens is 152 g/mol. The molecule has 0 heterocycles. The molecule has 0 aliphatic rings. The highest BCUT2D eigenvalue weighted by molar-refractivity contribution is 5.77. The van der Waals surface area contributed by atoms with E-state index in [2.05, 4.69) is 10.2 Å². The molecule has 0 spiro atoms. The molecule has 0 aromatic rings. The summed E-state index contributed by atoms with van der Waals surface area (Å²) in [5, 5.41) is 2.58. The molecule has 0 radical (unpaired) electrons. The highest BCUT2D eigenvalue weighted by Gasteiger charge is 2.03. The first-order valence-electron chi connectivity index (χ1n) is 4.67. The fraction of sp³-hybridized carbons (Fsp3) is 0.889. The largest absolute Gasteiger partial charge is 0.358 e. The Balaban J connectivity index is 0. The van der Waals surface area contributed by atoms with Gasteiger partial charge in [0.15, 0.2) is 0 Å². The highest BCUT2D eigenvalue weighted by atomic mass is 16.1. The van der Waals surface area contributed by atoms with Crippen molar-refractivity contribution >= 4 is 5.91 Å². The Morgan fingerprint density at radius 3 is 1.92 bits per heavy atom. The fourth-order valence-corrected chi connectivity index (χ4v) is 0.729. The van der Waals surface area contributed by atoms with Gasteiger partial charge in [0, 0.05) is 7.05 Å². The van der Waals surface area contributed by atoms with Gasteiger partial charge in [0.1, 0.15) is 0 Å². The zero-order valence-corrected chi connectivity index (χ0v) is 8.98. The average Bonchev–Trinajstić information content (AvgIpc) is 2.16. The predicted octanol–water partition coefficient (Wildman–Crippen LogP) is 1.10. The van der Waals surface area contributed by atoms with Crippen molar-refractivity contribution < 1.29 is 4.79 Å². The van der Waals surface area contributed by atoms with Gasteiger partial charge in [-0.05, 0) is 13.1 Å². The first-order chi connectivity index (χ1) is 5.74. The van der Waals surface area contributed by atoms with Crippen molar-refractivity contribution in [2.75, 3.05) is 26.7 Å². The van der Waals surface area contributed by atoms with E-state index >= 15 is 0 Å². The molecule has 3 heteroatoms. The predicted molar refractivity (Wildman–Crippen MR) is 53.2 cm³/mol. The molecular formula is C9H22N2O. The van der Waals surface area contributed by atoms with E-state index < -0.39 is 0 Å². The summed E-state index contributed by atoms with van der Waals surface area (Å²) >= 11 is 0. The summed E-state index contributed by atoms with van der Waals surface area (Å²) in [4.78, 5) is 12.9. The molecule has 0 saturated carbocycles. The summed E-state index contributed by atoms with van der Waals surface area (Å²) in [7, 11) is 1.66. The van der Waals surface area contributed by atoms with Crippen molar-refractivity contribution in [3.05, 3.63) is 0 Å². The van der Waals surface area contributed by atoms with Crippen molar-refractivity contribution in [2.45, 2.75) is 27.7 Å². The van der Waals surface area contributed by atoms with Crippen LogP contribution in [0.25, 0.3) is 0 Å². The van der Waals surface area contributed by atoms with Gasteiger partial charge in [-0.1, -0.05) is 27.7 Å². The normalized spacial score (nSPS) is 8.83. The maximum absolute atomic E-state index is 10.8. The van der Waals surface area contributed by atoms with Crippen molar-refractivity contribution in [2.24, 2.45) is 0 Å². The lowest BCUT2D eigenvalue weighted by molar-refractivity contribution is -0.121. The SMILES string of the molecule is CC.CCN(CC)CC(=O)NC. The summed E-state index contributed by atoms with van der Waals surface area (Å²) in [5.41, 5.74) is 0. The molecule has 0 unspecified atom stereocenters. The zero-order valence-electron chi connectivity index (χ0n) is 8.98. The van der Waals surface area contributed by atoms with Crippen molar-refractivity contribution in [1.82, 2.24) is 10.2 Å². The number of amides is 1. The minimum Gasteiger partial charge on any atom is -0.358 e. The van der Waals surface area contributed by atoms with E-state index in [4.69, 9.17) is 0 Å². The second-order valence-electron chi connectivity index (χ2n) is 2.13. The molecule has 0 aliphatic carbocycles. The Morgan fingerprint density at radius 2 is 1.67 bits per heavy atom. The third-order valence-electron chi connectivity index (χ3n) is 1.54. The Labute approximate surface area is 76.1 Å². The Kier molecular flexibility index (Phi) is 12.2. The molecule has 0 fully saturated rings. The minimum atomic E-state index is 0.0868. The lowest BCUT2D eigenvalue weighted by atomic mass is 10.4. The summed E-state index contributed by atoms with van der Waals surface area (Å²) in [6.45, 7) is 10.5. The average molecular weight is 174 g/mol. The number of nitrogens with zero attached hydrogens (tertiary/aromatic N) is 1. The molecule has 0 atom stereocenters. The summed E-state index contributed by atoms with van der Waals surface area (Å²) in [5.74, 6) is 0.0868. The van der Waals surface area contributed by atoms with Gasteiger partial charge in [0.05, 0.1) is 6.54 Å². The number of hydrogen-bond donors (Lipinski definition) is 1. The lowest BCUT2D eigenvalue weighted by Crippen LogP contribution is -2.35. The molecule has 1 N–H and O–H groups in total. The van der Waals surface area contributed by atoms with E-state index in [1.54, 1.807) is 7.05 Å². The Hall–Kier alpha value is -0.570. The van der Waals surface area contributed by atoms with Crippen LogP contribution in [0.4, 0.5) is 0 Å². The van der Waals surface area contributed by atoms with Gasteiger partial charge in [0.2, 0.25) is 5.91 Å². The number of carbonyl (C=O) groups is 1. The van der Waals surface area contributed by atoms with Crippen LogP contribution in [-0.4, -0.2) is 37.5 Å². The van der Waals surface area contributed by atoms with E-state index in [0.717, 1.165) is 13.1 Å². The molecule has 0 aromatic heterocycles. The standard InChI is InChI=1S/C7H16N2O.C2H6/c1-4-9(5-2)6-7(10)8-3;1-2/h4-6H2,1-3H3,(H,8,10);1-2H3. The maximum atomic E-state index is 10.8. The van der Waals surface area contributed by atoms with Gasteiger partial charge in [-0.25, -0.2) is 0 Å². The third kappa shape index (κ3) is 7.54. The lowest BCUT2D eigenvalue weighted by Gasteiger charge is -2.15. The fourth-order valence-electron chi connectivity index (χ4n) is 0.729. The van der Waals surface area contributed by atoms with E-state index in [1.807, 2.05) is 27.7 Å². The van der Waals surface area contributed by atoms with E-state index in [0.29, 0.717) is 6.54 Å². The van der Waals surface area contributed by atoms with E-state index in [9.17, 15) is 4.79 Å². The molecule has 74 valence electrons. The van der Waals surface area contributed by atoms with Gasteiger partial charge < -0.3 is 5.32 Å². The van der Waals surface area contributed by atoms with E-state index in [-0.39, 0.29) is 5.91 Å². The van der Waals surface area contributed by atoms with Gasteiger partial charge in [0.25, 0.3) is 0 Å². The zero-order chi connectivity index (χ0) is 9.98. The van der Waals surface area contributed by atoms with Crippen LogP contribution >= 0.6 is 0 Å². The van der Waals surface area contributed by atoms with Crippen LogP contribution in [0.2, 0.25) is 0 Å². The number of carbonyl (C=O) groups excluding carboxylic acids is 1. The molecule has 0 saturated heterocycles. The third-order valence-corrected chi connectivity index (χ3v) is 1.54. The van der Waals surface area contributed by atoms with Crippen molar-refractivity contribution in [3.63, 3.8) is 0 Å². The smallest absolute Gasteiger partial charge is 0.233 e. The topological polar surface area (TPSA) is 32.3 Å². The van der Waals surface area contributed by atoms with Crippen LogP contribution in [0.15, 0.2) is 0 Å². The molecule has 1 amide bonds. The Bertz CT molecular complexity index is 101. The highest BCUT2D eigenvalue weighted by Crippen LogP contribution is 1.84. The molecule has 0 aliphatic heterocycles. The second kappa shape index (κ2) is 10.4. The monoisotopic (exact) mass is 174 g/mol. The van der Waals surface area contributed by atoms with Crippen LogP contribution in [-0.2, 0) is 4.79 Å². The number of hydrogen-bond acceptors (Lipinski definition) is 2. The molecule has 12 heavy (non-hydrogen) atoms. The van der Waals surface area contributed by atoms with Crippen LogP contribution in [0, 0.1) is 0 Å². The second-order valence-corrected chi connectivity index (χ2v) is 2.13. The summed E-state index contributed by atoms with van der Waals surface area (Å²) < 4.78 is 0. The van der Waals surface area contributed by atoms with Crippen LogP contribution in [0.3, 0.4) is 0 Å². The maximum Gasteiger partial charge on any atom is 0.233 e. The van der Waals surface area contributed by atoms with Crippen LogP contribution < -0.4 is 5.32 Å². The molecule has 0 aromatic carbocycles. The van der Waals surface area contributed by atoms with Gasteiger partial charge >= 0.3 is 0 Å². The van der Waals surface area contributed by atoms with Crippen molar-refractivity contribution in [1.29, 1.82) is 0 Å². The Morgan fingerprint density at radius 1 is 1.25 bits per heavy atom. The number of rotatable bonds is 4. The van der Waals surface area contributed by atoms with Gasteiger partial charge in [-0.2, -0.15) is 0 Å². The number of nitrogens with one attached hydrogen (secondary N) is 1. The van der Waals surface area contributed by atoms with E-state index in [1.165, 1.54) is 0 Å². The molecule has 0 bridgehead atoms. The molecule has 0 rings (SSSR count). The van der Waals surface area contributed by atoms with Crippen LogP contribution in [0.5, 0.6) is 0 Å². The number of likely N-dealkylation sites (N-methyl/N-ethyl adjacent to an activating group) is 2. The van der Waals surface area contributed by atoms with Crippen molar-refractivity contribution in [3.8, 4) is 0 Å². The first-order valence-corrected chi connectivity index (χ1v) is 4.67. The quantitative estimate of drug-likeness (QED) is 0.692. The summed E-state index contributed by atoms with van der Waals surface area (Å²) in [6, 6.07) is 0. The molecule has 3 nitrogen and oxygen atoms in total. The summed E-state index contributed by atoms with van der Waals surface area (Å²) in [6.07, 6.45) is 0. The van der Waals surface area contributed by atoms with Crippen LogP contribution in [0.1, 0.15) is 27.7 Å².